The van der Waals surface area contributed by atoms with Gasteiger partial charge in [-0.3, -0.25) is 0 Å². The molecule has 0 amide bonds. The maximum Gasteiger partial charge on any atom is 0.146 e. The van der Waals surface area contributed by atoms with Crippen molar-refractivity contribution in [3.63, 3.8) is 0 Å². The molecule has 0 radical (unpaired) electrons. The maximum absolute atomic E-state index is 5.96. The molecular weight excluding hydrogens is 228 g/mol. The van der Waals surface area contributed by atoms with Gasteiger partial charge in [-0.25, -0.2) is 9.97 Å². The van der Waals surface area contributed by atoms with Gasteiger partial charge in [-0.1, -0.05) is 6.92 Å². The van der Waals surface area contributed by atoms with E-state index in [-0.39, 0.29) is 6.04 Å². The third kappa shape index (κ3) is 1.84. The second kappa shape index (κ2) is 4.94. The van der Waals surface area contributed by atoms with Crippen molar-refractivity contribution in [2.24, 2.45) is 0 Å². The molecule has 0 aliphatic carbocycles. The molecule has 0 fully saturated rings. The van der Waals surface area contributed by atoms with Crippen molar-refractivity contribution in [2.75, 3.05) is 19.5 Å². The van der Waals surface area contributed by atoms with Gasteiger partial charge in [0, 0.05) is 12.8 Å². The van der Waals surface area contributed by atoms with Gasteiger partial charge in [-0.2, -0.15) is 0 Å². The van der Waals surface area contributed by atoms with Gasteiger partial charge in [-0.05, 0) is 25.8 Å². The van der Waals surface area contributed by atoms with Gasteiger partial charge in [0.25, 0.3) is 0 Å². The van der Waals surface area contributed by atoms with E-state index in [4.69, 9.17) is 10.5 Å². The molecule has 5 nitrogen and oxygen atoms in total. The fourth-order valence-corrected chi connectivity index (χ4v) is 2.47. The number of ether oxygens (including phenoxy) is 1. The normalized spacial score (nSPS) is 13.1. The maximum atomic E-state index is 5.96. The van der Waals surface area contributed by atoms with Crippen LogP contribution < -0.4 is 5.73 Å². The van der Waals surface area contributed by atoms with E-state index < -0.39 is 0 Å². The van der Waals surface area contributed by atoms with Gasteiger partial charge in [-0.15, -0.1) is 0 Å². The van der Waals surface area contributed by atoms with E-state index in [2.05, 4.69) is 35.3 Å². The number of rotatable bonds is 4. The Balaban J connectivity index is 2.70. The number of hydrogen-bond donors (Lipinski definition) is 1. The van der Waals surface area contributed by atoms with Crippen LogP contribution in [-0.4, -0.2) is 28.3 Å². The summed E-state index contributed by atoms with van der Waals surface area (Å²) in [5.74, 6) is 0.548. The summed E-state index contributed by atoms with van der Waals surface area (Å²) in [5.41, 5.74) is 9.20. The summed E-state index contributed by atoms with van der Waals surface area (Å²) in [5, 5.41) is 0.963. The number of anilines is 1. The minimum absolute atomic E-state index is 0.278. The largest absolute Gasteiger partial charge is 0.383 e. The fourth-order valence-electron chi connectivity index (χ4n) is 2.47. The van der Waals surface area contributed by atoms with Crippen LogP contribution in [0.4, 0.5) is 5.82 Å². The standard InChI is InChI=1S/C13H20N4O/c1-5-10(6-18-4)17-9(3)8(2)11-12(14)15-7-16-13(11)17/h7,10H,5-6H2,1-4H3,(H2,14,15,16). The zero-order valence-electron chi connectivity index (χ0n) is 11.4. The van der Waals surface area contributed by atoms with Crippen molar-refractivity contribution in [2.45, 2.75) is 33.2 Å². The van der Waals surface area contributed by atoms with Crippen LogP contribution in [0.15, 0.2) is 6.33 Å². The predicted molar refractivity (Wildman–Crippen MR) is 72.6 cm³/mol. The topological polar surface area (TPSA) is 66.0 Å². The van der Waals surface area contributed by atoms with Gasteiger partial charge in [0.2, 0.25) is 0 Å². The lowest BCUT2D eigenvalue weighted by atomic mass is 10.2. The number of aromatic nitrogens is 3. The number of nitrogen functional groups attached to an aromatic ring is 1. The number of aryl methyl sites for hydroxylation is 1. The van der Waals surface area contributed by atoms with Crippen molar-refractivity contribution in [3.05, 3.63) is 17.6 Å². The second-order valence-corrected chi connectivity index (χ2v) is 4.56. The van der Waals surface area contributed by atoms with E-state index >= 15 is 0 Å². The number of nitrogens with two attached hydrogens (primary N) is 1. The first-order valence-corrected chi connectivity index (χ1v) is 6.18. The van der Waals surface area contributed by atoms with E-state index in [1.807, 2.05) is 0 Å². The summed E-state index contributed by atoms with van der Waals surface area (Å²) in [6.45, 7) is 6.97. The SMILES string of the molecule is CCC(COC)n1c(C)c(C)c2c(N)ncnc21. The molecule has 18 heavy (non-hydrogen) atoms. The number of fused-ring (bicyclic) bond motifs is 1. The highest BCUT2D eigenvalue weighted by Gasteiger charge is 2.20. The van der Waals surface area contributed by atoms with Gasteiger partial charge in [0.15, 0.2) is 0 Å². The summed E-state index contributed by atoms with van der Waals surface area (Å²) in [6.07, 6.45) is 2.51. The van der Waals surface area contributed by atoms with Crippen LogP contribution in [0, 0.1) is 13.8 Å². The van der Waals surface area contributed by atoms with E-state index in [0.29, 0.717) is 12.4 Å². The molecule has 2 aromatic rings. The Kier molecular flexibility index (Phi) is 3.52. The van der Waals surface area contributed by atoms with Gasteiger partial charge in [0.05, 0.1) is 18.0 Å². The monoisotopic (exact) mass is 248 g/mol. The molecule has 2 heterocycles. The predicted octanol–water partition coefficient (Wildman–Crippen LogP) is 2.23. The average molecular weight is 248 g/mol. The molecule has 0 bridgehead atoms. The Hall–Kier alpha value is -1.62. The molecule has 0 saturated carbocycles. The Morgan fingerprint density at radius 1 is 1.39 bits per heavy atom. The molecule has 5 heteroatoms. The lowest BCUT2D eigenvalue weighted by molar-refractivity contribution is 0.154. The minimum atomic E-state index is 0.278. The summed E-state index contributed by atoms with van der Waals surface area (Å²) in [4.78, 5) is 8.47. The Labute approximate surface area is 107 Å². The molecule has 0 aliphatic heterocycles. The molecule has 2 aromatic heterocycles. The van der Waals surface area contributed by atoms with Gasteiger partial charge in [0.1, 0.15) is 17.8 Å². The summed E-state index contributed by atoms with van der Waals surface area (Å²) in [6, 6.07) is 0.278. The Morgan fingerprint density at radius 3 is 2.72 bits per heavy atom. The highest BCUT2D eigenvalue weighted by Crippen LogP contribution is 2.30. The minimum Gasteiger partial charge on any atom is -0.383 e. The fraction of sp³-hybridized carbons (Fsp3) is 0.538. The Bertz CT molecular complexity index is 562. The smallest absolute Gasteiger partial charge is 0.146 e. The molecule has 98 valence electrons. The zero-order valence-corrected chi connectivity index (χ0v) is 11.4. The van der Waals surface area contributed by atoms with Crippen molar-refractivity contribution in [1.82, 2.24) is 14.5 Å². The van der Waals surface area contributed by atoms with Crippen molar-refractivity contribution in [3.8, 4) is 0 Å². The molecule has 0 aliphatic rings. The molecule has 1 unspecified atom stereocenters. The second-order valence-electron chi connectivity index (χ2n) is 4.56. The number of nitrogens with zero attached hydrogens (tertiary/aromatic N) is 3. The van der Waals surface area contributed by atoms with Gasteiger partial charge >= 0.3 is 0 Å². The Morgan fingerprint density at radius 2 is 2.11 bits per heavy atom. The summed E-state index contributed by atoms with van der Waals surface area (Å²) >= 11 is 0. The molecule has 0 spiro atoms. The van der Waals surface area contributed by atoms with Crippen LogP contribution in [0.3, 0.4) is 0 Å². The molecule has 0 saturated heterocycles. The molecule has 1 atom stereocenters. The van der Waals surface area contributed by atoms with Crippen molar-refractivity contribution >= 4 is 16.9 Å². The lowest BCUT2D eigenvalue weighted by Gasteiger charge is -2.19. The number of hydrogen-bond acceptors (Lipinski definition) is 4. The average Bonchev–Trinajstić information content (AvgIpc) is 2.61. The van der Waals surface area contributed by atoms with Crippen LogP contribution in [0.2, 0.25) is 0 Å². The van der Waals surface area contributed by atoms with Crippen molar-refractivity contribution < 1.29 is 4.74 Å². The highest BCUT2D eigenvalue weighted by atomic mass is 16.5. The van der Waals surface area contributed by atoms with Crippen LogP contribution >= 0.6 is 0 Å². The third-order valence-corrected chi connectivity index (χ3v) is 3.56. The van der Waals surface area contributed by atoms with Gasteiger partial charge < -0.3 is 15.0 Å². The first-order chi connectivity index (χ1) is 8.61. The number of methoxy groups -OCH3 is 1. The first-order valence-electron chi connectivity index (χ1n) is 6.18. The van der Waals surface area contributed by atoms with Crippen LogP contribution in [-0.2, 0) is 4.74 Å². The van der Waals surface area contributed by atoms with Crippen molar-refractivity contribution in [1.29, 1.82) is 0 Å². The van der Waals surface area contributed by atoms with Crippen LogP contribution in [0.5, 0.6) is 0 Å². The van der Waals surface area contributed by atoms with E-state index in [1.54, 1.807) is 7.11 Å². The van der Waals surface area contributed by atoms with E-state index in [1.165, 1.54) is 12.0 Å². The quantitative estimate of drug-likeness (QED) is 0.901. The van der Waals surface area contributed by atoms with E-state index in [9.17, 15) is 0 Å². The molecule has 2 rings (SSSR count). The molecular formula is C13H20N4O. The van der Waals surface area contributed by atoms with Crippen LogP contribution in [0.25, 0.3) is 11.0 Å². The third-order valence-electron chi connectivity index (χ3n) is 3.56. The summed E-state index contributed by atoms with van der Waals surface area (Å²) in [7, 11) is 1.72. The summed E-state index contributed by atoms with van der Waals surface area (Å²) < 4.78 is 7.51. The van der Waals surface area contributed by atoms with Crippen LogP contribution in [0.1, 0.15) is 30.6 Å². The first kappa shape index (κ1) is 12.8. The lowest BCUT2D eigenvalue weighted by Crippen LogP contribution is -2.15. The molecule has 2 N–H and O–H groups in total. The zero-order chi connectivity index (χ0) is 13.3. The highest BCUT2D eigenvalue weighted by molar-refractivity contribution is 5.90. The molecule has 0 aromatic carbocycles. The van der Waals surface area contributed by atoms with E-state index in [0.717, 1.165) is 23.0 Å².